The van der Waals surface area contributed by atoms with Gasteiger partial charge in [-0.2, -0.15) is 0 Å². The number of aromatic carboxylic acids is 3. The quantitative estimate of drug-likeness (QED) is 0.635. The van der Waals surface area contributed by atoms with Gasteiger partial charge in [0, 0.05) is 0 Å². The molecule has 0 aromatic heterocycles. The first-order valence-electron chi connectivity index (χ1n) is 8.22. The third kappa shape index (κ3) is 3.75. The van der Waals surface area contributed by atoms with E-state index < -0.39 is 23.5 Å². The summed E-state index contributed by atoms with van der Waals surface area (Å²) in [6.45, 7) is 5.69. The second-order valence-corrected chi connectivity index (χ2v) is 5.73. The summed E-state index contributed by atoms with van der Waals surface area (Å²) < 4.78 is 0. The van der Waals surface area contributed by atoms with E-state index in [1.807, 2.05) is 20.8 Å². The summed E-state index contributed by atoms with van der Waals surface area (Å²) in [5.74, 6) is -4.29. The van der Waals surface area contributed by atoms with E-state index in [2.05, 4.69) is 0 Å². The molecule has 0 unspecified atom stereocenters. The van der Waals surface area contributed by atoms with Gasteiger partial charge in [-0.05, 0) is 36.0 Å². The van der Waals surface area contributed by atoms with E-state index in [0.29, 0.717) is 48.8 Å². The van der Waals surface area contributed by atoms with Crippen LogP contribution in [0.3, 0.4) is 0 Å². The molecule has 3 N–H and O–H groups in total. The van der Waals surface area contributed by atoms with Crippen LogP contribution in [0.1, 0.15) is 87.8 Å². The summed E-state index contributed by atoms with van der Waals surface area (Å²) in [5.41, 5.74) is 0.299. The molecule has 24 heavy (non-hydrogen) atoms. The van der Waals surface area contributed by atoms with Crippen molar-refractivity contribution in [1.82, 2.24) is 0 Å². The summed E-state index contributed by atoms with van der Waals surface area (Å²) in [6, 6.07) is 0. The van der Waals surface area contributed by atoms with Crippen LogP contribution in [0.25, 0.3) is 0 Å². The third-order valence-electron chi connectivity index (χ3n) is 3.97. The summed E-state index contributed by atoms with van der Waals surface area (Å²) in [6.07, 6.45) is 3.37. The predicted molar refractivity (Wildman–Crippen MR) is 89.3 cm³/mol. The molecule has 6 nitrogen and oxygen atoms in total. The van der Waals surface area contributed by atoms with Gasteiger partial charge in [0.25, 0.3) is 0 Å². The van der Waals surface area contributed by atoms with E-state index in [9.17, 15) is 29.7 Å². The lowest BCUT2D eigenvalue weighted by Crippen LogP contribution is -2.22. The van der Waals surface area contributed by atoms with Gasteiger partial charge >= 0.3 is 17.9 Å². The first-order chi connectivity index (χ1) is 11.3. The van der Waals surface area contributed by atoms with Gasteiger partial charge in [0.2, 0.25) is 0 Å². The average molecular weight is 336 g/mol. The smallest absolute Gasteiger partial charge is 0.337 e. The largest absolute Gasteiger partial charge is 0.478 e. The highest BCUT2D eigenvalue weighted by molar-refractivity contribution is 6.11. The Morgan fingerprint density at radius 3 is 1.12 bits per heavy atom. The zero-order valence-corrected chi connectivity index (χ0v) is 14.3. The van der Waals surface area contributed by atoms with Crippen LogP contribution >= 0.6 is 0 Å². The van der Waals surface area contributed by atoms with E-state index in [4.69, 9.17) is 0 Å². The van der Waals surface area contributed by atoms with E-state index >= 15 is 0 Å². The minimum absolute atomic E-state index is 0.370. The fraction of sp³-hybridized carbons (Fsp3) is 0.500. The SMILES string of the molecule is CCCc1c(CCC)c(C(=O)O)c(C(=O)O)c(C(=O)O)c1CCC. The predicted octanol–water partition coefficient (Wildman–Crippen LogP) is 3.64. The molecule has 0 aliphatic heterocycles. The molecule has 0 bridgehead atoms. The fourth-order valence-corrected chi connectivity index (χ4v) is 3.20. The Morgan fingerprint density at radius 1 is 0.583 bits per heavy atom. The molecule has 0 amide bonds. The topological polar surface area (TPSA) is 112 Å². The molecule has 0 saturated carbocycles. The number of carboxylic acids is 3. The molecule has 1 rings (SSSR count). The Labute approximate surface area is 141 Å². The van der Waals surface area contributed by atoms with E-state index in [0.717, 1.165) is 6.42 Å². The Hall–Kier alpha value is -2.37. The van der Waals surface area contributed by atoms with Crippen LogP contribution in [0, 0.1) is 0 Å². The van der Waals surface area contributed by atoms with Gasteiger partial charge in [0.1, 0.15) is 0 Å². The van der Waals surface area contributed by atoms with Gasteiger partial charge in [0.15, 0.2) is 0 Å². The molecular weight excluding hydrogens is 312 g/mol. The minimum atomic E-state index is -1.51. The zero-order chi connectivity index (χ0) is 18.4. The van der Waals surface area contributed by atoms with Crippen LogP contribution < -0.4 is 0 Å². The summed E-state index contributed by atoms with van der Waals surface area (Å²) >= 11 is 0. The lowest BCUT2D eigenvalue weighted by molar-refractivity contribution is 0.0631. The Kier molecular flexibility index (Phi) is 6.95. The van der Waals surface area contributed by atoms with Crippen molar-refractivity contribution in [2.45, 2.75) is 59.3 Å². The molecule has 0 heterocycles. The van der Waals surface area contributed by atoms with Crippen molar-refractivity contribution in [2.24, 2.45) is 0 Å². The molecule has 0 aliphatic carbocycles. The molecular formula is C18H24O6. The second-order valence-electron chi connectivity index (χ2n) is 5.73. The molecule has 1 aromatic carbocycles. The molecule has 132 valence electrons. The van der Waals surface area contributed by atoms with E-state index in [1.54, 1.807) is 0 Å². The van der Waals surface area contributed by atoms with Crippen LogP contribution in [0.4, 0.5) is 0 Å². The monoisotopic (exact) mass is 336 g/mol. The average Bonchev–Trinajstić information content (AvgIpc) is 2.49. The molecule has 0 fully saturated rings. The fourth-order valence-electron chi connectivity index (χ4n) is 3.20. The minimum Gasteiger partial charge on any atom is -0.478 e. The third-order valence-corrected chi connectivity index (χ3v) is 3.97. The van der Waals surface area contributed by atoms with E-state index in [-0.39, 0.29) is 11.1 Å². The van der Waals surface area contributed by atoms with Crippen LogP contribution in [0.5, 0.6) is 0 Å². The Balaban J connectivity index is 4.09. The number of benzene rings is 1. The highest BCUT2D eigenvalue weighted by atomic mass is 16.4. The number of hydrogen-bond acceptors (Lipinski definition) is 3. The molecule has 0 atom stereocenters. The maximum atomic E-state index is 11.8. The number of rotatable bonds is 9. The number of carbonyl (C=O) groups is 3. The van der Waals surface area contributed by atoms with Crippen molar-refractivity contribution in [3.05, 3.63) is 33.4 Å². The summed E-state index contributed by atoms with van der Waals surface area (Å²) in [7, 11) is 0. The molecule has 0 aliphatic rings. The molecule has 0 radical (unpaired) electrons. The summed E-state index contributed by atoms with van der Waals surface area (Å²) in [4.78, 5) is 35.2. The summed E-state index contributed by atoms with van der Waals surface area (Å²) in [5, 5.41) is 28.7. The van der Waals surface area contributed by atoms with Gasteiger partial charge in [-0.3, -0.25) is 0 Å². The number of carboxylic acid groups (broad SMARTS) is 3. The van der Waals surface area contributed by atoms with Gasteiger partial charge in [-0.15, -0.1) is 0 Å². The van der Waals surface area contributed by atoms with Crippen molar-refractivity contribution < 1.29 is 29.7 Å². The second kappa shape index (κ2) is 8.47. The first-order valence-corrected chi connectivity index (χ1v) is 8.22. The van der Waals surface area contributed by atoms with Gasteiger partial charge in [-0.1, -0.05) is 40.0 Å². The van der Waals surface area contributed by atoms with Gasteiger partial charge in [-0.25, -0.2) is 14.4 Å². The van der Waals surface area contributed by atoms with Crippen molar-refractivity contribution in [3.63, 3.8) is 0 Å². The maximum Gasteiger partial charge on any atom is 0.337 e. The lowest BCUT2D eigenvalue weighted by Gasteiger charge is -2.22. The Morgan fingerprint density at radius 2 is 0.875 bits per heavy atom. The molecule has 1 aromatic rings. The zero-order valence-electron chi connectivity index (χ0n) is 14.3. The molecule has 0 saturated heterocycles. The lowest BCUT2D eigenvalue weighted by atomic mass is 9.81. The standard InChI is InChI=1S/C18H24O6/c1-4-7-10-11(8-5-2)13(16(19)20)15(18(23)24)14(17(21)22)12(10)9-6-3/h4-9H2,1-3H3,(H,19,20)(H,21,22)(H,23,24). The van der Waals surface area contributed by atoms with E-state index in [1.165, 1.54) is 0 Å². The highest BCUT2D eigenvalue weighted by Crippen LogP contribution is 2.32. The van der Waals surface area contributed by atoms with Gasteiger partial charge < -0.3 is 15.3 Å². The normalized spacial score (nSPS) is 10.6. The van der Waals surface area contributed by atoms with Crippen LogP contribution in [-0.2, 0) is 19.3 Å². The van der Waals surface area contributed by atoms with Crippen molar-refractivity contribution in [3.8, 4) is 0 Å². The Bertz CT molecular complexity index is 615. The highest BCUT2D eigenvalue weighted by Gasteiger charge is 2.32. The molecule has 6 heteroatoms. The van der Waals surface area contributed by atoms with Crippen LogP contribution in [0.15, 0.2) is 0 Å². The van der Waals surface area contributed by atoms with Crippen LogP contribution in [0.2, 0.25) is 0 Å². The molecule has 0 spiro atoms. The van der Waals surface area contributed by atoms with Crippen molar-refractivity contribution in [2.75, 3.05) is 0 Å². The maximum absolute atomic E-state index is 11.8. The van der Waals surface area contributed by atoms with Crippen molar-refractivity contribution in [1.29, 1.82) is 0 Å². The first kappa shape index (κ1) is 19.7. The van der Waals surface area contributed by atoms with Crippen LogP contribution in [-0.4, -0.2) is 33.2 Å². The van der Waals surface area contributed by atoms with Crippen molar-refractivity contribution >= 4 is 17.9 Å². The van der Waals surface area contributed by atoms with Gasteiger partial charge in [0.05, 0.1) is 16.7 Å². The number of hydrogen-bond donors (Lipinski definition) is 3.